The summed E-state index contributed by atoms with van der Waals surface area (Å²) >= 11 is 28.2. The number of carbonyl (C=O) groups excluding carboxylic acids is 1. The number of anilines is 1. The van der Waals surface area contributed by atoms with E-state index in [1.54, 1.807) is 24.3 Å². The van der Waals surface area contributed by atoms with Crippen molar-refractivity contribution in [2.75, 3.05) is 5.32 Å². The average molecular weight is 387 g/mol. The molecule has 0 fully saturated rings. The minimum atomic E-state index is -1.80. The van der Waals surface area contributed by atoms with Crippen LogP contribution in [0.3, 0.4) is 0 Å². The van der Waals surface area contributed by atoms with Crippen LogP contribution in [0.4, 0.5) is 5.69 Å². The van der Waals surface area contributed by atoms with Crippen molar-refractivity contribution in [3.63, 3.8) is 0 Å². The molecule has 9 heteroatoms. The Labute approximate surface area is 147 Å². The zero-order chi connectivity index (χ0) is 16.0. The molecule has 0 aliphatic heterocycles. The summed E-state index contributed by atoms with van der Waals surface area (Å²) in [5.74, 6) is -0.506. The third-order valence-electron chi connectivity index (χ3n) is 2.18. The third kappa shape index (κ3) is 6.72. The lowest BCUT2D eigenvalue weighted by Gasteiger charge is -2.27. The summed E-state index contributed by atoms with van der Waals surface area (Å²) in [6, 6.07) is 6.84. The van der Waals surface area contributed by atoms with Gasteiger partial charge < -0.3 is 16.0 Å². The molecule has 0 radical (unpaired) electrons. The van der Waals surface area contributed by atoms with Crippen molar-refractivity contribution in [3.05, 3.63) is 41.9 Å². The van der Waals surface area contributed by atoms with Crippen molar-refractivity contribution in [1.82, 2.24) is 10.6 Å². The summed E-state index contributed by atoms with van der Waals surface area (Å²) in [6.07, 6.45) is 0.0288. The Morgan fingerprint density at radius 1 is 1.24 bits per heavy atom. The first-order chi connectivity index (χ1) is 9.72. The van der Waals surface area contributed by atoms with E-state index < -0.39 is 15.9 Å². The molecule has 0 bridgehead atoms. The van der Waals surface area contributed by atoms with Gasteiger partial charge in [-0.15, -0.1) is 0 Å². The van der Waals surface area contributed by atoms with Crippen molar-refractivity contribution in [1.29, 1.82) is 0 Å². The smallest absolute Gasteiger partial charge is 0.245 e. The van der Waals surface area contributed by atoms with Crippen LogP contribution in [0.25, 0.3) is 0 Å². The topological polar surface area (TPSA) is 53.2 Å². The molecule has 1 amide bonds. The quantitative estimate of drug-likeness (QED) is 0.320. The fourth-order valence-electron chi connectivity index (χ4n) is 1.23. The van der Waals surface area contributed by atoms with Gasteiger partial charge in [-0.2, -0.15) is 0 Å². The lowest BCUT2D eigenvalue weighted by atomic mass is 10.3. The largest absolute Gasteiger partial charge is 0.339 e. The minimum absolute atomic E-state index is 0.165. The van der Waals surface area contributed by atoms with E-state index in [0.29, 0.717) is 10.7 Å². The Hall–Kier alpha value is -0.720. The summed E-state index contributed by atoms with van der Waals surface area (Å²) in [7, 11) is 0. The van der Waals surface area contributed by atoms with Crippen molar-refractivity contribution >= 4 is 75.3 Å². The van der Waals surface area contributed by atoms with Crippen molar-refractivity contribution in [2.45, 2.75) is 9.96 Å². The van der Waals surface area contributed by atoms with E-state index in [4.69, 9.17) is 58.6 Å². The minimum Gasteiger partial charge on any atom is -0.339 e. The number of hydrogen-bond donors (Lipinski definition) is 3. The SMILES string of the molecule is C=CC(=O)N[C@H](NC(=S)Nc1ccc(Cl)cc1)C(Cl)(Cl)Cl. The molecular weight excluding hydrogens is 376 g/mol. The van der Waals surface area contributed by atoms with E-state index in [9.17, 15) is 4.79 Å². The van der Waals surface area contributed by atoms with Crippen molar-refractivity contribution in [3.8, 4) is 0 Å². The molecule has 21 heavy (non-hydrogen) atoms. The molecule has 0 spiro atoms. The molecule has 1 aromatic rings. The number of benzene rings is 1. The van der Waals surface area contributed by atoms with Gasteiger partial charge in [-0.1, -0.05) is 53.0 Å². The molecule has 0 unspecified atom stereocenters. The van der Waals surface area contributed by atoms with E-state index in [-0.39, 0.29) is 5.11 Å². The molecule has 4 nitrogen and oxygen atoms in total. The normalized spacial score (nSPS) is 12.2. The molecule has 0 saturated heterocycles. The maximum absolute atomic E-state index is 11.3. The predicted molar refractivity (Wildman–Crippen MR) is 93.2 cm³/mol. The highest BCUT2D eigenvalue weighted by Crippen LogP contribution is 2.29. The van der Waals surface area contributed by atoms with Crippen LogP contribution in [0.5, 0.6) is 0 Å². The first kappa shape index (κ1) is 18.3. The van der Waals surface area contributed by atoms with Gasteiger partial charge in [0.25, 0.3) is 0 Å². The molecule has 0 aromatic heterocycles. The van der Waals surface area contributed by atoms with Crippen LogP contribution < -0.4 is 16.0 Å². The summed E-state index contributed by atoms with van der Waals surface area (Å²) in [5, 5.41) is 8.75. The number of amides is 1. The van der Waals surface area contributed by atoms with Gasteiger partial charge in [-0.05, 0) is 42.6 Å². The Morgan fingerprint density at radius 2 is 1.81 bits per heavy atom. The molecule has 0 saturated carbocycles. The molecule has 3 N–H and O–H groups in total. The van der Waals surface area contributed by atoms with Gasteiger partial charge in [-0.3, -0.25) is 4.79 Å². The molecule has 1 atom stereocenters. The monoisotopic (exact) mass is 385 g/mol. The van der Waals surface area contributed by atoms with Crippen LogP contribution in [-0.2, 0) is 4.79 Å². The van der Waals surface area contributed by atoms with Gasteiger partial charge in [0.15, 0.2) is 5.11 Å². The first-order valence-corrected chi connectivity index (χ1v) is 7.47. The highest BCUT2D eigenvalue weighted by molar-refractivity contribution is 7.80. The number of rotatable bonds is 4. The van der Waals surface area contributed by atoms with E-state index in [1.807, 2.05) is 0 Å². The number of nitrogens with one attached hydrogen (secondary N) is 3. The van der Waals surface area contributed by atoms with Gasteiger partial charge >= 0.3 is 0 Å². The molecule has 1 aromatic carbocycles. The Morgan fingerprint density at radius 3 is 2.29 bits per heavy atom. The van der Waals surface area contributed by atoms with Crippen LogP contribution >= 0.6 is 58.6 Å². The third-order valence-corrected chi connectivity index (χ3v) is 3.30. The highest BCUT2D eigenvalue weighted by atomic mass is 35.6. The zero-order valence-corrected chi connectivity index (χ0v) is 14.3. The lowest BCUT2D eigenvalue weighted by Crippen LogP contribution is -2.55. The fraction of sp³-hybridized carbons (Fsp3) is 0.167. The first-order valence-electron chi connectivity index (χ1n) is 5.55. The standard InChI is InChI=1S/C12H11Cl4N3OS/c1-2-9(20)18-10(12(14,15)16)19-11(21)17-8-5-3-7(13)4-6-8/h2-6,10H,1H2,(H,18,20)(H2,17,19,21)/t10-/m1/s1. The summed E-state index contributed by atoms with van der Waals surface area (Å²) in [6.45, 7) is 3.32. The molecule has 0 aliphatic rings. The highest BCUT2D eigenvalue weighted by Gasteiger charge is 2.34. The number of thiocarbonyl (C=S) groups is 1. The van der Waals surface area contributed by atoms with E-state index in [2.05, 4.69) is 22.5 Å². The summed E-state index contributed by atoms with van der Waals surface area (Å²) < 4.78 is -1.80. The molecule has 1 rings (SSSR count). The lowest BCUT2D eigenvalue weighted by molar-refractivity contribution is -0.117. The molecule has 114 valence electrons. The molecule has 0 heterocycles. The average Bonchev–Trinajstić information content (AvgIpc) is 2.39. The van der Waals surface area contributed by atoms with Crippen LogP contribution in [0, 0.1) is 0 Å². The van der Waals surface area contributed by atoms with E-state index >= 15 is 0 Å². The second-order valence-corrected chi connectivity index (χ2v) is 7.01. The maximum atomic E-state index is 11.3. The predicted octanol–water partition coefficient (Wildman–Crippen LogP) is 3.62. The zero-order valence-electron chi connectivity index (χ0n) is 10.5. The second kappa shape index (κ2) is 8.06. The van der Waals surface area contributed by atoms with Crippen molar-refractivity contribution < 1.29 is 4.79 Å². The number of hydrogen-bond acceptors (Lipinski definition) is 2. The fourth-order valence-corrected chi connectivity index (χ4v) is 1.92. The van der Waals surface area contributed by atoms with Crippen LogP contribution in [0.2, 0.25) is 5.02 Å². The van der Waals surface area contributed by atoms with Gasteiger partial charge in [-0.25, -0.2) is 0 Å². The second-order valence-electron chi connectivity index (χ2n) is 3.79. The summed E-state index contributed by atoms with van der Waals surface area (Å²) in [5.41, 5.74) is 0.690. The van der Waals surface area contributed by atoms with Gasteiger partial charge in [0, 0.05) is 10.7 Å². The maximum Gasteiger partial charge on any atom is 0.245 e. The number of carbonyl (C=O) groups is 1. The van der Waals surface area contributed by atoms with E-state index in [1.165, 1.54) is 0 Å². The number of alkyl halides is 3. The Bertz CT molecular complexity index is 530. The van der Waals surface area contributed by atoms with Crippen LogP contribution in [0.15, 0.2) is 36.9 Å². The van der Waals surface area contributed by atoms with Gasteiger partial charge in [0.2, 0.25) is 9.70 Å². The molecular formula is C12H11Cl4N3OS. The summed E-state index contributed by atoms with van der Waals surface area (Å²) in [4.78, 5) is 11.3. The van der Waals surface area contributed by atoms with Crippen LogP contribution in [0.1, 0.15) is 0 Å². The Balaban J connectivity index is 2.69. The van der Waals surface area contributed by atoms with Gasteiger partial charge in [0.05, 0.1) is 0 Å². The number of halogens is 4. The van der Waals surface area contributed by atoms with E-state index in [0.717, 1.165) is 6.08 Å². The molecule has 0 aliphatic carbocycles. The van der Waals surface area contributed by atoms with Gasteiger partial charge in [0.1, 0.15) is 6.17 Å². The van der Waals surface area contributed by atoms with Crippen molar-refractivity contribution in [2.24, 2.45) is 0 Å². The van der Waals surface area contributed by atoms with Crippen LogP contribution in [-0.4, -0.2) is 21.0 Å². The Kier molecular flexibility index (Phi) is 7.03.